The van der Waals surface area contributed by atoms with Crippen molar-refractivity contribution in [3.63, 3.8) is 0 Å². The molecular weight excluding hydrogens is 206 g/mol. The fourth-order valence-electron chi connectivity index (χ4n) is 1.80. The highest BCUT2D eigenvalue weighted by molar-refractivity contribution is 5.90. The smallest absolute Gasteiger partial charge is 0.300 e. The first kappa shape index (κ1) is 11.2. The molecule has 0 atom stereocenters. The zero-order valence-corrected chi connectivity index (χ0v) is 9.40. The minimum Gasteiger partial charge on any atom is -0.455 e. The molecule has 2 rings (SSSR count). The van der Waals surface area contributed by atoms with Crippen LogP contribution < -0.4 is 11.3 Å². The second kappa shape index (κ2) is 4.67. The predicted molar refractivity (Wildman–Crippen MR) is 59.5 cm³/mol. The molecule has 0 aliphatic heterocycles. The maximum atomic E-state index is 11.2. The Morgan fingerprint density at radius 2 is 2.38 bits per heavy atom. The highest BCUT2D eigenvalue weighted by Crippen LogP contribution is 2.28. The third kappa shape index (κ3) is 2.43. The summed E-state index contributed by atoms with van der Waals surface area (Å²) in [5.74, 6) is 5.72. The van der Waals surface area contributed by atoms with E-state index in [1.807, 2.05) is 6.07 Å². The van der Waals surface area contributed by atoms with Crippen molar-refractivity contribution in [2.24, 2.45) is 5.84 Å². The van der Waals surface area contributed by atoms with Gasteiger partial charge in [-0.1, -0.05) is 6.92 Å². The van der Waals surface area contributed by atoms with Gasteiger partial charge >= 0.3 is 5.91 Å². The molecule has 0 saturated heterocycles. The number of nitrogens with two attached hydrogens (primary N) is 1. The van der Waals surface area contributed by atoms with Gasteiger partial charge in [0.2, 0.25) is 0 Å². The third-order valence-corrected chi connectivity index (χ3v) is 2.84. The van der Waals surface area contributed by atoms with E-state index in [1.54, 1.807) is 6.07 Å². The molecule has 1 aliphatic rings. The van der Waals surface area contributed by atoms with Gasteiger partial charge in [-0.15, -0.1) is 0 Å². The molecular formula is C11H17N3O2. The Hall–Kier alpha value is -1.33. The molecule has 0 radical (unpaired) electrons. The number of carbonyl (C=O) groups excluding carboxylic acids is 1. The Labute approximate surface area is 94.6 Å². The molecule has 1 aromatic rings. The van der Waals surface area contributed by atoms with Gasteiger partial charge in [-0.25, -0.2) is 5.84 Å². The summed E-state index contributed by atoms with van der Waals surface area (Å²) in [4.78, 5) is 13.5. The van der Waals surface area contributed by atoms with E-state index in [-0.39, 0.29) is 11.7 Å². The first-order valence-electron chi connectivity index (χ1n) is 5.58. The van der Waals surface area contributed by atoms with Gasteiger partial charge in [0.05, 0.1) is 6.54 Å². The zero-order valence-electron chi connectivity index (χ0n) is 9.40. The average Bonchev–Trinajstić information content (AvgIpc) is 3.04. The van der Waals surface area contributed by atoms with Gasteiger partial charge in [-0.3, -0.25) is 15.1 Å². The Morgan fingerprint density at radius 3 is 2.94 bits per heavy atom. The van der Waals surface area contributed by atoms with Gasteiger partial charge in [0.25, 0.3) is 0 Å². The average molecular weight is 223 g/mol. The fourth-order valence-corrected chi connectivity index (χ4v) is 1.80. The van der Waals surface area contributed by atoms with Crippen LogP contribution in [0.4, 0.5) is 0 Å². The van der Waals surface area contributed by atoms with Crippen molar-refractivity contribution in [2.75, 3.05) is 6.54 Å². The summed E-state index contributed by atoms with van der Waals surface area (Å²) in [5.41, 5.74) is 2.05. The van der Waals surface area contributed by atoms with E-state index >= 15 is 0 Å². The zero-order chi connectivity index (χ0) is 11.5. The minimum atomic E-state index is -0.388. The number of rotatable bonds is 5. The molecule has 1 amide bonds. The number of amides is 1. The minimum absolute atomic E-state index is 0.268. The molecule has 5 nitrogen and oxygen atoms in total. The van der Waals surface area contributed by atoms with Crippen LogP contribution in [0.25, 0.3) is 0 Å². The van der Waals surface area contributed by atoms with Crippen LogP contribution in [-0.4, -0.2) is 23.4 Å². The molecule has 0 spiro atoms. The lowest BCUT2D eigenvalue weighted by molar-refractivity contribution is 0.0922. The maximum absolute atomic E-state index is 11.2. The highest BCUT2D eigenvalue weighted by atomic mass is 16.4. The van der Waals surface area contributed by atoms with Crippen LogP contribution in [0, 0.1) is 0 Å². The van der Waals surface area contributed by atoms with Crippen LogP contribution in [0.15, 0.2) is 16.5 Å². The molecule has 5 heteroatoms. The van der Waals surface area contributed by atoms with E-state index in [0.29, 0.717) is 6.04 Å². The van der Waals surface area contributed by atoms with Crippen molar-refractivity contribution in [3.8, 4) is 0 Å². The van der Waals surface area contributed by atoms with Crippen molar-refractivity contribution in [3.05, 3.63) is 23.7 Å². The van der Waals surface area contributed by atoms with Crippen LogP contribution in [-0.2, 0) is 6.54 Å². The molecule has 88 valence electrons. The second-order valence-corrected chi connectivity index (χ2v) is 4.03. The molecule has 1 fully saturated rings. The fraction of sp³-hybridized carbons (Fsp3) is 0.545. The van der Waals surface area contributed by atoms with E-state index in [1.165, 1.54) is 12.8 Å². The van der Waals surface area contributed by atoms with Gasteiger partial charge < -0.3 is 4.42 Å². The van der Waals surface area contributed by atoms with E-state index in [2.05, 4.69) is 17.2 Å². The highest BCUT2D eigenvalue weighted by Gasteiger charge is 2.28. The number of hydrazine groups is 1. The summed E-state index contributed by atoms with van der Waals surface area (Å²) in [7, 11) is 0. The largest absolute Gasteiger partial charge is 0.455 e. The number of nitrogen functional groups attached to an aromatic ring is 1. The molecule has 0 bridgehead atoms. The lowest BCUT2D eigenvalue weighted by atomic mass is 10.3. The lowest BCUT2D eigenvalue weighted by Gasteiger charge is -2.17. The monoisotopic (exact) mass is 223 g/mol. The third-order valence-electron chi connectivity index (χ3n) is 2.84. The van der Waals surface area contributed by atoms with Gasteiger partial charge in [-0.05, 0) is 31.5 Å². The number of nitrogens with one attached hydrogen (secondary N) is 1. The van der Waals surface area contributed by atoms with Crippen LogP contribution in [0.3, 0.4) is 0 Å². The van der Waals surface area contributed by atoms with Crippen LogP contribution >= 0.6 is 0 Å². The molecule has 0 unspecified atom stereocenters. The van der Waals surface area contributed by atoms with Gasteiger partial charge in [0.15, 0.2) is 5.76 Å². The normalized spacial score (nSPS) is 15.4. The Morgan fingerprint density at radius 1 is 1.62 bits per heavy atom. The van der Waals surface area contributed by atoms with Crippen molar-refractivity contribution in [1.82, 2.24) is 10.3 Å². The molecule has 1 heterocycles. The van der Waals surface area contributed by atoms with Crippen molar-refractivity contribution in [1.29, 1.82) is 0 Å². The summed E-state index contributed by atoms with van der Waals surface area (Å²) < 4.78 is 5.41. The first-order valence-corrected chi connectivity index (χ1v) is 5.58. The van der Waals surface area contributed by atoms with E-state index in [0.717, 1.165) is 18.8 Å². The number of furan rings is 1. The number of carbonyl (C=O) groups is 1. The van der Waals surface area contributed by atoms with Crippen LogP contribution in [0.5, 0.6) is 0 Å². The number of nitrogens with zero attached hydrogens (tertiary/aromatic N) is 1. The summed E-state index contributed by atoms with van der Waals surface area (Å²) >= 11 is 0. The van der Waals surface area contributed by atoms with Crippen molar-refractivity contribution < 1.29 is 9.21 Å². The number of hydrogen-bond acceptors (Lipinski definition) is 4. The lowest BCUT2D eigenvalue weighted by Crippen LogP contribution is -2.29. The molecule has 1 saturated carbocycles. The molecule has 16 heavy (non-hydrogen) atoms. The Bertz CT molecular complexity index is 371. The maximum Gasteiger partial charge on any atom is 0.300 e. The van der Waals surface area contributed by atoms with Gasteiger partial charge in [0.1, 0.15) is 5.76 Å². The summed E-state index contributed by atoms with van der Waals surface area (Å²) in [5, 5.41) is 0. The molecule has 3 N–H and O–H groups in total. The van der Waals surface area contributed by atoms with Gasteiger partial charge in [0, 0.05) is 6.04 Å². The predicted octanol–water partition coefficient (Wildman–Crippen LogP) is 0.867. The van der Waals surface area contributed by atoms with E-state index < -0.39 is 0 Å². The SMILES string of the molecule is CCN(Cc1ccc(C(=O)NN)o1)C1CC1. The van der Waals surface area contributed by atoms with Crippen molar-refractivity contribution in [2.45, 2.75) is 32.4 Å². The van der Waals surface area contributed by atoms with Crippen LogP contribution in [0.2, 0.25) is 0 Å². The van der Waals surface area contributed by atoms with Gasteiger partial charge in [-0.2, -0.15) is 0 Å². The van der Waals surface area contributed by atoms with E-state index in [9.17, 15) is 4.79 Å². The Kier molecular flexibility index (Phi) is 3.26. The number of hydrogen-bond donors (Lipinski definition) is 2. The standard InChI is InChI=1S/C11H17N3O2/c1-2-14(8-3-4-8)7-9-5-6-10(16-9)11(15)13-12/h5-6,8H,2-4,7,12H2,1H3,(H,13,15). The Balaban J connectivity index is 1.98. The van der Waals surface area contributed by atoms with Crippen LogP contribution in [0.1, 0.15) is 36.1 Å². The second-order valence-electron chi connectivity index (χ2n) is 4.03. The summed E-state index contributed by atoms with van der Waals surface area (Å²) in [6.07, 6.45) is 2.54. The molecule has 1 aromatic heterocycles. The summed E-state index contributed by atoms with van der Waals surface area (Å²) in [6, 6.07) is 4.18. The molecule has 0 aromatic carbocycles. The first-order chi connectivity index (χ1) is 7.74. The van der Waals surface area contributed by atoms with Crippen molar-refractivity contribution >= 4 is 5.91 Å². The van der Waals surface area contributed by atoms with E-state index in [4.69, 9.17) is 10.3 Å². The summed E-state index contributed by atoms with van der Waals surface area (Å²) in [6.45, 7) is 3.90. The topological polar surface area (TPSA) is 71.5 Å². The molecule has 1 aliphatic carbocycles. The quantitative estimate of drug-likeness (QED) is 0.441.